The zero-order valence-electron chi connectivity index (χ0n) is 17.3. The van der Waals surface area contributed by atoms with Gasteiger partial charge in [0.05, 0.1) is 11.3 Å². The molecule has 0 bridgehead atoms. The lowest BCUT2D eigenvalue weighted by Crippen LogP contribution is -2.36. The van der Waals surface area contributed by atoms with Crippen LogP contribution >= 0.6 is 11.5 Å². The second-order valence-electron chi connectivity index (χ2n) is 8.14. The number of pyridine rings is 1. The van der Waals surface area contributed by atoms with Gasteiger partial charge in [-0.25, -0.2) is 9.78 Å². The van der Waals surface area contributed by atoms with Crippen LogP contribution in [0, 0.1) is 23.2 Å². The molecule has 3 N–H and O–H groups in total. The van der Waals surface area contributed by atoms with Crippen molar-refractivity contribution in [3.05, 3.63) is 24.0 Å². The van der Waals surface area contributed by atoms with Gasteiger partial charge in [-0.15, -0.1) is 0 Å². The third kappa shape index (κ3) is 3.42. The molecule has 160 valence electrons. The van der Waals surface area contributed by atoms with E-state index in [1.807, 2.05) is 17.2 Å². The van der Waals surface area contributed by atoms with Crippen molar-refractivity contribution in [3.63, 3.8) is 0 Å². The molecular formula is C20H23N9OS. The summed E-state index contributed by atoms with van der Waals surface area (Å²) < 4.78 is 4.11. The number of nitrogens with one attached hydrogen (secondary N) is 3. The number of likely N-dealkylation sites (tertiary alicyclic amines) is 1. The van der Waals surface area contributed by atoms with Crippen LogP contribution in [0.2, 0.25) is 0 Å². The summed E-state index contributed by atoms with van der Waals surface area (Å²) in [6.45, 7) is 1.47. The van der Waals surface area contributed by atoms with E-state index in [0.29, 0.717) is 34.5 Å². The number of nitriles is 1. The predicted octanol–water partition coefficient (Wildman–Crippen LogP) is 2.71. The number of fused-ring (bicyclic) bond motifs is 2. The van der Waals surface area contributed by atoms with Gasteiger partial charge < -0.3 is 20.1 Å². The first-order valence-corrected chi connectivity index (χ1v) is 11.0. The topological polar surface area (TPSA) is 126 Å². The summed E-state index contributed by atoms with van der Waals surface area (Å²) in [6, 6.07) is 4.48. The molecule has 2 fully saturated rings. The van der Waals surface area contributed by atoms with Crippen LogP contribution < -0.4 is 15.5 Å². The van der Waals surface area contributed by atoms with E-state index >= 15 is 0 Å². The Morgan fingerprint density at radius 3 is 2.84 bits per heavy atom. The minimum Gasteiger partial charge on any atom is -0.370 e. The number of hydrogen-bond donors (Lipinski definition) is 3. The fraction of sp³-hybridized carbons (Fsp3) is 0.450. The molecular weight excluding hydrogens is 414 g/mol. The Morgan fingerprint density at radius 1 is 1.39 bits per heavy atom. The van der Waals surface area contributed by atoms with Gasteiger partial charge in [0.1, 0.15) is 11.7 Å². The van der Waals surface area contributed by atoms with E-state index in [4.69, 9.17) is 0 Å². The van der Waals surface area contributed by atoms with Crippen LogP contribution in [0.3, 0.4) is 0 Å². The molecule has 0 radical (unpaired) electrons. The first kappa shape index (κ1) is 19.6. The summed E-state index contributed by atoms with van der Waals surface area (Å²) in [6.07, 6.45) is 5.48. The van der Waals surface area contributed by atoms with Crippen LogP contribution in [0.5, 0.6) is 0 Å². The highest BCUT2D eigenvalue weighted by Gasteiger charge is 2.44. The predicted molar refractivity (Wildman–Crippen MR) is 119 cm³/mol. The zero-order valence-corrected chi connectivity index (χ0v) is 18.1. The molecule has 2 amide bonds. The fourth-order valence-electron chi connectivity index (χ4n) is 4.93. The van der Waals surface area contributed by atoms with E-state index < -0.39 is 0 Å². The molecule has 5 rings (SSSR count). The Labute approximate surface area is 183 Å². The fourth-order valence-corrected chi connectivity index (χ4v) is 5.50. The first-order valence-electron chi connectivity index (χ1n) is 10.2. The lowest BCUT2D eigenvalue weighted by atomic mass is 10.0. The van der Waals surface area contributed by atoms with Crippen LogP contribution in [-0.2, 0) is 0 Å². The van der Waals surface area contributed by atoms with Crippen molar-refractivity contribution in [2.45, 2.75) is 18.9 Å². The van der Waals surface area contributed by atoms with Crippen molar-refractivity contribution < 1.29 is 4.79 Å². The van der Waals surface area contributed by atoms with Crippen molar-refractivity contribution >= 4 is 45.4 Å². The van der Waals surface area contributed by atoms with Crippen LogP contribution in [0.1, 0.15) is 18.4 Å². The van der Waals surface area contributed by atoms with E-state index in [2.05, 4.69) is 48.0 Å². The second kappa shape index (κ2) is 7.70. The molecule has 1 saturated carbocycles. The SMILES string of the molecule is CNc1nsc(NC(=O)N2CC3C[C@@H](N(C)c4c(C#N)cnc5[nH]ccc45)C[C@@H]3C2)n1. The van der Waals surface area contributed by atoms with E-state index in [9.17, 15) is 10.1 Å². The normalized spacial score (nSPS) is 22.4. The molecule has 2 aliphatic rings. The molecule has 10 nitrogen and oxygen atoms in total. The van der Waals surface area contributed by atoms with Gasteiger partial charge in [-0.2, -0.15) is 14.6 Å². The Kier molecular flexibility index (Phi) is 4.86. The van der Waals surface area contributed by atoms with Crippen LogP contribution in [0.25, 0.3) is 11.0 Å². The number of carbonyl (C=O) groups excluding carboxylic acids is 1. The molecule has 1 aliphatic carbocycles. The van der Waals surface area contributed by atoms with E-state index in [-0.39, 0.29) is 6.03 Å². The number of anilines is 3. The second-order valence-corrected chi connectivity index (χ2v) is 8.89. The summed E-state index contributed by atoms with van der Waals surface area (Å²) in [7, 11) is 3.81. The molecule has 0 spiro atoms. The average Bonchev–Trinajstić information content (AvgIpc) is 3.54. The highest BCUT2D eigenvalue weighted by Crippen LogP contribution is 2.42. The van der Waals surface area contributed by atoms with Crippen LogP contribution in [-0.4, -0.2) is 63.5 Å². The van der Waals surface area contributed by atoms with Crippen LogP contribution in [0.15, 0.2) is 18.5 Å². The highest BCUT2D eigenvalue weighted by molar-refractivity contribution is 7.10. The standard InChI is InChI=1S/C20H23N9OS/c1-22-18-25-19(31-27-18)26-20(30)29-9-11-5-14(6-12(11)10-29)28(2)16-13(7-21)8-24-17-15(16)3-4-23-17/h3-4,8,11-12,14H,5-6,9-10H2,1-2H3,(H,23,24)(H2,22,25,26,27,30)/t11-,12?,14+/m1/s1. The Hall–Kier alpha value is -3.39. The molecule has 1 aliphatic heterocycles. The number of carbonyl (C=O) groups is 1. The smallest absolute Gasteiger partial charge is 0.323 e. The lowest BCUT2D eigenvalue weighted by Gasteiger charge is -2.29. The molecule has 1 unspecified atom stereocenters. The summed E-state index contributed by atoms with van der Waals surface area (Å²) in [4.78, 5) is 28.5. The lowest BCUT2D eigenvalue weighted by molar-refractivity contribution is 0.218. The summed E-state index contributed by atoms with van der Waals surface area (Å²) in [5.41, 5.74) is 2.32. The van der Waals surface area contributed by atoms with Gasteiger partial charge in [-0.1, -0.05) is 0 Å². The average molecular weight is 438 g/mol. The van der Waals surface area contributed by atoms with E-state index in [1.54, 1.807) is 13.2 Å². The number of aromatic amines is 1. The monoisotopic (exact) mass is 437 g/mol. The maximum atomic E-state index is 12.7. The molecule has 11 heteroatoms. The third-order valence-corrected chi connectivity index (χ3v) is 7.09. The molecule has 0 aromatic carbocycles. The van der Waals surface area contributed by atoms with Gasteiger partial charge >= 0.3 is 6.03 Å². The van der Waals surface area contributed by atoms with E-state index in [0.717, 1.165) is 42.7 Å². The molecule has 3 atom stereocenters. The summed E-state index contributed by atoms with van der Waals surface area (Å²) in [5, 5.41) is 16.8. The maximum Gasteiger partial charge on any atom is 0.323 e. The van der Waals surface area contributed by atoms with Gasteiger partial charge in [-0.3, -0.25) is 5.32 Å². The third-order valence-electron chi connectivity index (χ3n) is 6.46. The van der Waals surface area contributed by atoms with Crippen molar-refractivity contribution in [1.29, 1.82) is 5.26 Å². The number of hydrogen-bond acceptors (Lipinski definition) is 8. The minimum absolute atomic E-state index is 0.118. The largest absolute Gasteiger partial charge is 0.370 e. The van der Waals surface area contributed by atoms with E-state index in [1.165, 1.54) is 11.5 Å². The molecule has 3 aromatic heterocycles. The number of urea groups is 1. The summed E-state index contributed by atoms with van der Waals surface area (Å²) in [5.74, 6) is 1.41. The van der Waals surface area contributed by atoms with Gasteiger partial charge in [0.15, 0.2) is 0 Å². The number of amides is 2. The molecule has 1 saturated heterocycles. The number of nitrogens with zero attached hydrogens (tertiary/aromatic N) is 6. The quantitative estimate of drug-likeness (QED) is 0.573. The molecule has 3 aromatic rings. The summed E-state index contributed by atoms with van der Waals surface area (Å²) >= 11 is 1.17. The molecule has 31 heavy (non-hydrogen) atoms. The zero-order chi connectivity index (χ0) is 21.5. The maximum absolute atomic E-state index is 12.7. The minimum atomic E-state index is -0.118. The Bertz CT molecular complexity index is 1150. The van der Waals surface area contributed by atoms with Crippen LogP contribution in [0.4, 0.5) is 21.6 Å². The van der Waals surface area contributed by atoms with Gasteiger partial charge in [0, 0.05) is 62.5 Å². The number of aromatic nitrogens is 4. The van der Waals surface area contributed by atoms with Crippen molar-refractivity contribution in [1.82, 2.24) is 24.2 Å². The van der Waals surface area contributed by atoms with Crippen molar-refractivity contribution in [3.8, 4) is 6.07 Å². The number of H-pyrrole nitrogens is 1. The van der Waals surface area contributed by atoms with Gasteiger partial charge in [0.2, 0.25) is 11.1 Å². The van der Waals surface area contributed by atoms with Gasteiger partial charge in [-0.05, 0) is 30.7 Å². The highest BCUT2D eigenvalue weighted by atomic mass is 32.1. The Morgan fingerprint density at radius 2 is 2.16 bits per heavy atom. The number of rotatable bonds is 4. The van der Waals surface area contributed by atoms with Gasteiger partial charge in [0.25, 0.3) is 0 Å². The van der Waals surface area contributed by atoms with Crippen molar-refractivity contribution in [2.75, 3.05) is 42.7 Å². The molecule has 4 heterocycles. The van der Waals surface area contributed by atoms with Crippen molar-refractivity contribution in [2.24, 2.45) is 11.8 Å². The Balaban J connectivity index is 1.26. The first-order chi connectivity index (χ1) is 15.1.